The molecule has 0 radical (unpaired) electrons. The molecular weight excluding hydrogens is 205 g/mol. The van der Waals surface area contributed by atoms with Crippen molar-refractivity contribution in [3.63, 3.8) is 0 Å². The molecule has 78 valence electrons. The average molecular weight is 218 g/mol. The van der Waals surface area contributed by atoms with Gasteiger partial charge >= 0.3 is 0 Å². The van der Waals surface area contributed by atoms with Gasteiger partial charge in [0, 0.05) is 0 Å². The summed E-state index contributed by atoms with van der Waals surface area (Å²) in [5.41, 5.74) is 6.47. The third-order valence-corrected chi connectivity index (χ3v) is 2.56. The Kier molecular flexibility index (Phi) is 3.72. The van der Waals surface area contributed by atoms with Crippen molar-refractivity contribution < 1.29 is 9.50 Å². The van der Waals surface area contributed by atoms with Crippen LogP contribution in [-0.2, 0) is 6.42 Å². The van der Waals surface area contributed by atoms with E-state index >= 15 is 0 Å². The number of nitrogens with two attached hydrogens (primary N) is 1. The van der Waals surface area contributed by atoms with Crippen LogP contribution in [0, 0.1) is 12.7 Å². The van der Waals surface area contributed by atoms with Gasteiger partial charge in [0.1, 0.15) is 0 Å². The zero-order valence-corrected chi connectivity index (χ0v) is 8.74. The average Bonchev–Trinajstić information content (AvgIpc) is 2.18. The summed E-state index contributed by atoms with van der Waals surface area (Å²) in [6.45, 7) is 2.23. The highest BCUT2D eigenvalue weighted by Gasteiger charge is 2.13. The molecule has 0 aromatic heterocycles. The molecule has 1 aromatic carbocycles. The Hall–Kier alpha value is -0.800. The Bertz CT molecular complexity index is 341. The quantitative estimate of drug-likeness (QED) is 0.817. The molecule has 3 N–H and O–H groups in total. The van der Waals surface area contributed by atoms with Crippen molar-refractivity contribution in [1.82, 2.24) is 0 Å². The molecule has 14 heavy (non-hydrogen) atoms. The Labute approximate surface area is 87.5 Å². The van der Waals surface area contributed by atoms with E-state index in [4.69, 9.17) is 17.3 Å². The molecule has 0 amide bonds. The molecular formula is C10H13ClFNO. The van der Waals surface area contributed by atoms with E-state index in [9.17, 15) is 9.50 Å². The summed E-state index contributed by atoms with van der Waals surface area (Å²) >= 11 is 5.67. The molecule has 0 aliphatic carbocycles. The lowest BCUT2D eigenvalue weighted by Gasteiger charge is -2.08. The van der Waals surface area contributed by atoms with E-state index in [0.29, 0.717) is 30.5 Å². The van der Waals surface area contributed by atoms with Crippen LogP contribution in [0.4, 0.5) is 4.39 Å². The van der Waals surface area contributed by atoms with E-state index in [1.807, 2.05) is 0 Å². The number of hydrogen-bond acceptors (Lipinski definition) is 2. The van der Waals surface area contributed by atoms with Crippen LogP contribution >= 0.6 is 11.6 Å². The highest BCUT2D eigenvalue weighted by atomic mass is 35.5. The first-order valence-corrected chi connectivity index (χ1v) is 4.82. The van der Waals surface area contributed by atoms with Gasteiger partial charge in [0.25, 0.3) is 0 Å². The number of hydrogen-bond donors (Lipinski definition) is 2. The predicted octanol–water partition coefficient (Wildman–Crippen LogP) is 2.38. The van der Waals surface area contributed by atoms with E-state index < -0.39 is 11.6 Å². The van der Waals surface area contributed by atoms with E-state index in [1.54, 1.807) is 13.0 Å². The first kappa shape index (κ1) is 11.3. The molecule has 1 aromatic rings. The van der Waals surface area contributed by atoms with Crippen molar-refractivity contribution in [3.05, 3.63) is 28.0 Å². The molecule has 4 heteroatoms. The lowest BCUT2D eigenvalue weighted by Crippen LogP contribution is -2.02. The molecule has 1 rings (SSSR count). The Morgan fingerprint density at radius 1 is 1.57 bits per heavy atom. The number of halogens is 2. The topological polar surface area (TPSA) is 46.2 Å². The molecule has 0 fully saturated rings. The molecule has 0 unspecified atom stereocenters. The smallest absolute Gasteiger partial charge is 0.170 e. The zero-order valence-electron chi connectivity index (χ0n) is 7.98. The SMILES string of the molecule is Cc1cc(CCCN)c(F)c(O)c1Cl. The third kappa shape index (κ3) is 2.16. The van der Waals surface area contributed by atoms with E-state index in [1.165, 1.54) is 0 Å². The zero-order chi connectivity index (χ0) is 10.7. The lowest BCUT2D eigenvalue weighted by molar-refractivity contribution is 0.428. The van der Waals surface area contributed by atoms with Crippen LogP contribution in [-0.4, -0.2) is 11.7 Å². The highest BCUT2D eigenvalue weighted by molar-refractivity contribution is 6.32. The Morgan fingerprint density at radius 2 is 2.21 bits per heavy atom. The number of aromatic hydroxyl groups is 1. The second kappa shape index (κ2) is 4.62. The van der Waals surface area contributed by atoms with Gasteiger partial charge in [0.2, 0.25) is 0 Å². The van der Waals surface area contributed by atoms with Crippen molar-refractivity contribution in [2.24, 2.45) is 5.73 Å². The van der Waals surface area contributed by atoms with Gasteiger partial charge in [0.05, 0.1) is 5.02 Å². The van der Waals surface area contributed by atoms with Crippen molar-refractivity contribution in [1.29, 1.82) is 0 Å². The van der Waals surface area contributed by atoms with Crippen LogP contribution in [0.25, 0.3) is 0 Å². The highest BCUT2D eigenvalue weighted by Crippen LogP contribution is 2.32. The number of aryl methyl sites for hydroxylation is 2. The van der Waals surface area contributed by atoms with Gasteiger partial charge < -0.3 is 10.8 Å². The van der Waals surface area contributed by atoms with Gasteiger partial charge in [-0.2, -0.15) is 0 Å². The standard InChI is InChI=1S/C10H13ClFNO/c1-6-5-7(3-2-4-13)9(12)10(14)8(6)11/h5,14H,2-4,13H2,1H3. The molecule has 2 nitrogen and oxygen atoms in total. The molecule has 0 saturated heterocycles. The van der Waals surface area contributed by atoms with Crippen LogP contribution < -0.4 is 5.73 Å². The van der Waals surface area contributed by atoms with E-state index in [0.717, 1.165) is 0 Å². The van der Waals surface area contributed by atoms with Crippen molar-refractivity contribution in [2.75, 3.05) is 6.54 Å². The van der Waals surface area contributed by atoms with Gasteiger partial charge in [-0.3, -0.25) is 0 Å². The van der Waals surface area contributed by atoms with Crippen LogP contribution in [0.1, 0.15) is 17.5 Å². The molecule has 0 spiro atoms. The van der Waals surface area contributed by atoms with Crippen LogP contribution in [0.15, 0.2) is 6.07 Å². The largest absolute Gasteiger partial charge is 0.504 e. The molecule has 0 heterocycles. The second-order valence-corrected chi connectivity index (χ2v) is 3.60. The molecule has 0 aliphatic heterocycles. The maximum absolute atomic E-state index is 13.4. The first-order chi connectivity index (χ1) is 6.57. The fourth-order valence-electron chi connectivity index (χ4n) is 1.30. The van der Waals surface area contributed by atoms with Gasteiger partial charge in [-0.15, -0.1) is 0 Å². The fourth-order valence-corrected chi connectivity index (χ4v) is 1.44. The van der Waals surface area contributed by atoms with Crippen molar-refractivity contribution in [3.8, 4) is 5.75 Å². The second-order valence-electron chi connectivity index (χ2n) is 3.22. The number of phenols is 1. The summed E-state index contributed by atoms with van der Waals surface area (Å²) in [7, 11) is 0. The van der Waals surface area contributed by atoms with Gasteiger partial charge in [-0.05, 0) is 37.4 Å². The van der Waals surface area contributed by atoms with Gasteiger partial charge in [-0.25, -0.2) is 4.39 Å². The number of rotatable bonds is 3. The Balaban J connectivity index is 3.06. The summed E-state index contributed by atoms with van der Waals surface area (Å²) in [5, 5.41) is 9.41. The number of benzene rings is 1. The molecule has 0 aliphatic rings. The van der Waals surface area contributed by atoms with Crippen molar-refractivity contribution in [2.45, 2.75) is 19.8 Å². The molecule has 0 atom stereocenters. The minimum atomic E-state index is -0.631. The van der Waals surface area contributed by atoms with Crippen molar-refractivity contribution >= 4 is 11.6 Å². The van der Waals surface area contributed by atoms with Gasteiger partial charge in [-0.1, -0.05) is 17.7 Å². The first-order valence-electron chi connectivity index (χ1n) is 4.44. The van der Waals surface area contributed by atoms with Crippen LogP contribution in [0.5, 0.6) is 5.75 Å². The van der Waals surface area contributed by atoms with Crippen LogP contribution in [0.3, 0.4) is 0 Å². The van der Waals surface area contributed by atoms with Gasteiger partial charge in [0.15, 0.2) is 11.6 Å². The third-order valence-electron chi connectivity index (χ3n) is 2.08. The Morgan fingerprint density at radius 3 is 2.79 bits per heavy atom. The fraction of sp³-hybridized carbons (Fsp3) is 0.400. The number of phenolic OH excluding ortho intramolecular Hbond substituents is 1. The van der Waals surface area contributed by atoms with E-state index in [2.05, 4.69) is 0 Å². The summed E-state index contributed by atoms with van der Waals surface area (Å²) in [6, 6.07) is 1.65. The molecule has 0 bridgehead atoms. The lowest BCUT2D eigenvalue weighted by atomic mass is 10.1. The van der Waals surface area contributed by atoms with E-state index in [-0.39, 0.29) is 5.02 Å². The minimum absolute atomic E-state index is 0.0824. The maximum Gasteiger partial charge on any atom is 0.170 e. The summed E-state index contributed by atoms with van der Waals surface area (Å²) in [5.74, 6) is -1.09. The predicted molar refractivity (Wildman–Crippen MR) is 55.2 cm³/mol. The summed E-state index contributed by atoms with van der Waals surface area (Å²) in [4.78, 5) is 0. The maximum atomic E-state index is 13.4. The summed E-state index contributed by atoms with van der Waals surface area (Å²) in [6.07, 6.45) is 1.21. The molecule has 0 saturated carbocycles. The minimum Gasteiger partial charge on any atom is -0.504 e. The normalized spacial score (nSPS) is 10.6. The van der Waals surface area contributed by atoms with Crippen LogP contribution in [0.2, 0.25) is 5.02 Å². The summed E-state index contributed by atoms with van der Waals surface area (Å²) < 4.78 is 13.4. The monoisotopic (exact) mass is 217 g/mol.